The summed E-state index contributed by atoms with van der Waals surface area (Å²) in [6, 6.07) is 14.5. The summed E-state index contributed by atoms with van der Waals surface area (Å²) in [4.78, 5) is 0. The summed E-state index contributed by atoms with van der Waals surface area (Å²) in [5.41, 5.74) is 2.41. The molecule has 0 radical (unpaired) electrons. The third-order valence-corrected chi connectivity index (χ3v) is 2.24. The molecule has 0 atom stereocenters. The van der Waals surface area contributed by atoms with Crippen molar-refractivity contribution in [2.24, 2.45) is 0 Å². The predicted octanol–water partition coefficient (Wildman–Crippen LogP) is 3.00. The summed E-state index contributed by atoms with van der Waals surface area (Å²) in [7, 11) is 0. The van der Waals surface area contributed by atoms with Gasteiger partial charge in [-0.15, -0.1) is 0 Å². The van der Waals surface area contributed by atoms with Crippen molar-refractivity contribution in [2.75, 3.05) is 0 Å². The van der Waals surface area contributed by atoms with E-state index in [1.54, 1.807) is 0 Å². The van der Waals surface area contributed by atoms with Gasteiger partial charge in [-0.25, -0.2) is 0 Å². The Hall–Kier alpha value is -1.89. The number of allylic oxidation sites excluding steroid dienone is 1. The van der Waals surface area contributed by atoms with Gasteiger partial charge in [-0.3, -0.25) is 0 Å². The third kappa shape index (κ3) is 2.32. The monoisotopic (exact) mass is 196 g/mol. The van der Waals surface area contributed by atoms with Gasteiger partial charge in [-0.2, -0.15) is 4.57 Å². The van der Waals surface area contributed by atoms with Crippen LogP contribution in [-0.2, 0) is 0 Å². The Morgan fingerprint density at radius 3 is 2.53 bits per heavy atom. The number of pyridine rings is 1. The molecule has 0 N–H and O–H groups in total. The lowest BCUT2D eigenvalue weighted by molar-refractivity contribution is -0.595. The fourth-order valence-electron chi connectivity index (χ4n) is 1.55. The van der Waals surface area contributed by atoms with E-state index >= 15 is 0 Å². The van der Waals surface area contributed by atoms with Gasteiger partial charge in [0, 0.05) is 24.3 Å². The molecular weight excluding hydrogens is 182 g/mol. The highest BCUT2D eigenvalue weighted by atomic mass is 14.9. The number of benzene rings is 1. The number of rotatable bonds is 2. The van der Waals surface area contributed by atoms with Crippen LogP contribution in [0, 0.1) is 0 Å². The SMILES string of the molecule is CC=Cc1cccc(-[n+]2ccccc2)c1. The van der Waals surface area contributed by atoms with Crippen LogP contribution in [0.25, 0.3) is 11.8 Å². The average Bonchev–Trinajstić information content (AvgIpc) is 2.31. The molecule has 0 bridgehead atoms. The fraction of sp³-hybridized carbons (Fsp3) is 0.0714. The molecule has 2 rings (SSSR count). The smallest absolute Gasteiger partial charge is 0.167 e. The van der Waals surface area contributed by atoms with Gasteiger partial charge in [0.05, 0.1) is 0 Å². The molecule has 0 fully saturated rings. The third-order valence-electron chi connectivity index (χ3n) is 2.24. The summed E-state index contributed by atoms with van der Waals surface area (Å²) < 4.78 is 2.10. The van der Waals surface area contributed by atoms with E-state index in [1.807, 2.05) is 25.1 Å². The Morgan fingerprint density at radius 1 is 1.00 bits per heavy atom. The molecule has 1 aromatic carbocycles. The molecule has 1 heterocycles. The minimum absolute atomic E-state index is 1.19. The lowest BCUT2D eigenvalue weighted by Gasteiger charge is -1.96. The highest BCUT2D eigenvalue weighted by molar-refractivity contribution is 5.51. The van der Waals surface area contributed by atoms with E-state index in [0.29, 0.717) is 0 Å². The minimum Gasteiger partial charge on any atom is -0.167 e. The number of nitrogens with zero attached hydrogens (tertiary/aromatic N) is 1. The molecular formula is C14H14N+. The first-order valence-corrected chi connectivity index (χ1v) is 5.09. The second-order valence-electron chi connectivity index (χ2n) is 3.38. The van der Waals surface area contributed by atoms with E-state index in [1.165, 1.54) is 11.3 Å². The van der Waals surface area contributed by atoms with Crippen LogP contribution in [0.5, 0.6) is 0 Å². The number of hydrogen-bond acceptors (Lipinski definition) is 0. The van der Waals surface area contributed by atoms with Gasteiger partial charge in [0.1, 0.15) is 0 Å². The van der Waals surface area contributed by atoms with Crippen molar-refractivity contribution in [1.82, 2.24) is 0 Å². The van der Waals surface area contributed by atoms with E-state index in [4.69, 9.17) is 0 Å². The first kappa shape index (κ1) is 9.66. The van der Waals surface area contributed by atoms with Gasteiger partial charge >= 0.3 is 0 Å². The Labute approximate surface area is 90.3 Å². The fourth-order valence-corrected chi connectivity index (χ4v) is 1.55. The highest BCUT2D eigenvalue weighted by Gasteiger charge is 2.02. The van der Waals surface area contributed by atoms with Gasteiger partial charge in [0.15, 0.2) is 12.4 Å². The van der Waals surface area contributed by atoms with Crippen molar-refractivity contribution >= 4 is 6.08 Å². The van der Waals surface area contributed by atoms with Crippen LogP contribution in [0.4, 0.5) is 0 Å². The van der Waals surface area contributed by atoms with E-state index < -0.39 is 0 Å². The van der Waals surface area contributed by atoms with Gasteiger partial charge in [0.25, 0.3) is 0 Å². The molecule has 1 aromatic heterocycles. The van der Waals surface area contributed by atoms with Gasteiger partial charge < -0.3 is 0 Å². The molecule has 0 aliphatic carbocycles. The van der Waals surface area contributed by atoms with Crippen molar-refractivity contribution in [3.63, 3.8) is 0 Å². The van der Waals surface area contributed by atoms with Crippen LogP contribution in [0.2, 0.25) is 0 Å². The van der Waals surface area contributed by atoms with E-state index in [0.717, 1.165) is 0 Å². The standard InChI is InChI=1S/C14H14N/c1-2-7-13-8-6-9-14(12-13)15-10-4-3-5-11-15/h2-12H,1H3/q+1. The van der Waals surface area contributed by atoms with Crippen LogP contribution >= 0.6 is 0 Å². The van der Waals surface area contributed by atoms with E-state index in [2.05, 4.69) is 53.4 Å². The Bertz CT molecular complexity index is 458. The molecule has 0 aliphatic heterocycles. The summed E-state index contributed by atoms with van der Waals surface area (Å²) in [5, 5.41) is 0. The predicted molar refractivity (Wildman–Crippen MR) is 62.7 cm³/mol. The van der Waals surface area contributed by atoms with Crippen molar-refractivity contribution < 1.29 is 4.57 Å². The molecule has 1 heteroatoms. The van der Waals surface area contributed by atoms with Crippen LogP contribution < -0.4 is 4.57 Å². The quantitative estimate of drug-likeness (QED) is 0.650. The molecule has 74 valence electrons. The maximum absolute atomic E-state index is 2.17. The molecule has 15 heavy (non-hydrogen) atoms. The summed E-state index contributed by atoms with van der Waals surface area (Å²) in [5.74, 6) is 0. The molecule has 0 aliphatic rings. The summed E-state index contributed by atoms with van der Waals surface area (Å²) >= 11 is 0. The topological polar surface area (TPSA) is 3.88 Å². The lowest BCUT2D eigenvalue weighted by atomic mass is 10.2. The second kappa shape index (κ2) is 4.56. The second-order valence-corrected chi connectivity index (χ2v) is 3.38. The van der Waals surface area contributed by atoms with Crippen molar-refractivity contribution in [2.45, 2.75) is 6.92 Å². The zero-order chi connectivity index (χ0) is 10.5. The maximum atomic E-state index is 2.17. The molecule has 0 unspecified atom stereocenters. The van der Waals surface area contributed by atoms with Crippen LogP contribution in [0.15, 0.2) is 60.9 Å². The van der Waals surface area contributed by atoms with Crippen LogP contribution in [-0.4, -0.2) is 0 Å². The Balaban J connectivity index is 2.41. The first-order valence-electron chi connectivity index (χ1n) is 5.09. The lowest BCUT2D eigenvalue weighted by Crippen LogP contribution is -2.28. The minimum atomic E-state index is 1.19. The zero-order valence-electron chi connectivity index (χ0n) is 8.80. The van der Waals surface area contributed by atoms with E-state index in [-0.39, 0.29) is 0 Å². The largest absolute Gasteiger partial charge is 0.211 e. The number of hydrogen-bond donors (Lipinski definition) is 0. The number of aromatic nitrogens is 1. The maximum Gasteiger partial charge on any atom is 0.211 e. The average molecular weight is 196 g/mol. The molecule has 0 spiro atoms. The van der Waals surface area contributed by atoms with Crippen molar-refractivity contribution in [3.8, 4) is 5.69 Å². The molecule has 0 amide bonds. The van der Waals surface area contributed by atoms with Crippen LogP contribution in [0.1, 0.15) is 12.5 Å². The normalized spacial score (nSPS) is 10.7. The van der Waals surface area contributed by atoms with Gasteiger partial charge in [-0.1, -0.05) is 30.4 Å². The van der Waals surface area contributed by atoms with Gasteiger partial charge in [0.2, 0.25) is 5.69 Å². The summed E-state index contributed by atoms with van der Waals surface area (Å²) in [6.45, 7) is 2.03. The van der Waals surface area contributed by atoms with Gasteiger partial charge in [-0.05, 0) is 12.5 Å². The Morgan fingerprint density at radius 2 is 1.80 bits per heavy atom. The van der Waals surface area contributed by atoms with Crippen molar-refractivity contribution in [3.05, 3.63) is 66.5 Å². The molecule has 2 aromatic rings. The zero-order valence-corrected chi connectivity index (χ0v) is 8.80. The first-order chi connectivity index (χ1) is 7.40. The molecule has 1 nitrogen and oxygen atoms in total. The highest BCUT2D eigenvalue weighted by Crippen LogP contribution is 2.06. The Kier molecular flexibility index (Phi) is 2.93. The molecule has 0 saturated carbocycles. The van der Waals surface area contributed by atoms with Crippen LogP contribution in [0.3, 0.4) is 0 Å². The molecule has 0 saturated heterocycles. The summed E-state index contributed by atoms with van der Waals surface area (Å²) in [6.07, 6.45) is 8.26. The van der Waals surface area contributed by atoms with Crippen molar-refractivity contribution in [1.29, 1.82) is 0 Å². The van der Waals surface area contributed by atoms with E-state index in [9.17, 15) is 0 Å².